The Morgan fingerprint density at radius 3 is 2.44 bits per heavy atom. The van der Waals surface area contributed by atoms with Gasteiger partial charge in [0.1, 0.15) is 0 Å². The number of guanidine groups is 1. The van der Waals surface area contributed by atoms with Gasteiger partial charge in [-0.2, -0.15) is 0 Å². The van der Waals surface area contributed by atoms with Gasteiger partial charge in [0, 0.05) is 33.3 Å². The molecule has 0 aromatic heterocycles. The summed E-state index contributed by atoms with van der Waals surface area (Å²) in [6, 6.07) is 0. The molecule has 1 aliphatic heterocycles. The Bertz CT molecular complexity index is 406. The number of hydrogen-bond donors (Lipinski definition) is 1. The predicted octanol–water partition coefficient (Wildman–Crippen LogP) is 2.80. The van der Waals surface area contributed by atoms with Gasteiger partial charge in [0.05, 0.1) is 19.1 Å². The van der Waals surface area contributed by atoms with Crippen LogP contribution in [0.3, 0.4) is 0 Å². The minimum absolute atomic E-state index is 0. The van der Waals surface area contributed by atoms with Gasteiger partial charge in [0.2, 0.25) is 0 Å². The van der Waals surface area contributed by atoms with Gasteiger partial charge >= 0.3 is 5.97 Å². The molecule has 2 aliphatic rings. The number of methoxy groups -OCH3 is 1. The minimum atomic E-state index is -0.0857. The Hall–Kier alpha value is -0.570. The Morgan fingerprint density at radius 1 is 1.16 bits per heavy atom. The van der Waals surface area contributed by atoms with Crippen LogP contribution in [-0.2, 0) is 14.3 Å². The second kappa shape index (κ2) is 12.7. The topological polar surface area (TPSA) is 63.2 Å². The van der Waals surface area contributed by atoms with Crippen LogP contribution in [0.25, 0.3) is 0 Å². The molecule has 0 atom stereocenters. The average Bonchev–Trinajstić information content (AvgIpc) is 2.65. The van der Waals surface area contributed by atoms with Crippen molar-refractivity contribution in [1.29, 1.82) is 0 Å². The number of piperidine rings is 1. The summed E-state index contributed by atoms with van der Waals surface area (Å²) in [6.07, 6.45) is 9.59. The predicted molar refractivity (Wildman–Crippen MR) is 111 cm³/mol. The average molecular weight is 467 g/mol. The highest BCUT2D eigenvalue weighted by Crippen LogP contribution is 2.20. The van der Waals surface area contributed by atoms with E-state index in [-0.39, 0.29) is 35.9 Å². The van der Waals surface area contributed by atoms with E-state index in [2.05, 4.69) is 15.2 Å². The third kappa shape index (κ3) is 7.68. The third-order valence-electron chi connectivity index (χ3n) is 5.05. The van der Waals surface area contributed by atoms with Crippen LogP contribution < -0.4 is 5.32 Å². The fourth-order valence-corrected chi connectivity index (χ4v) is 3.58. The monoisotopic (exact) mass is 467 g/mol. The molecule has 0 amide bonds. The number of esters is 1. The van der Waals surface area contributed by atoms with Gasteiger partial charge in [-0.05, 0) is 32.1 Å². The number of likely N-dealkylation sites (tertiary alicyclic amines) is 1. The molecule has 0 bridgehead atoms. The smallest absolute Gasteiger partial charge is 0.308 e. The van der Waals surface area contributed by atoms with Crippen LogP contribution in [0.1, 0.15) is 51.4 Å². The van der Waals surface area contributed by atoms with Crippen molar-refractivity contribution >= 4 is 35.9 Å². The maximum absolute atomic E-state index is 11.6. The second-order valence-electron chi connectivity index (χ2n) is 6.74. The van der Waals surface area contributed by atoms with Crippen molar-refractivity contribution in [2.45, 2.75) is 57.5 Å². The highest BCUT2D eigenvalue weighted by atomic mass is 127. The van der Waals surface area contributed by atoms with Gasteiger partial charge in [-0.25, -0.2) is 0 Å². The molecule has 1 saturated carbocycles. The number of carbonyl (C=O) groups excluding carboxylic acids is 1. The van der Waals surface area contributed by atoms with E-state index in [1.54, 1.807) is 0 Å². The number of hydrogen-bond acceptors (Lipinski definition) is 4. The zero-order valence-electron chi connectivity index (χ0n) is 15.7. The lowest BCUT2D eigenvalue weighted by atomic mass is 9.97. The fourth-order valence-electron chi connectivity index (χ4n) is 3.58. The van der Waals surface area contributed by atoms with Crippen LogP contribution in [0.5, 0.6) is 0 Å². The molecule has 1 heterocycles. The van der Waals surface area contributed by atoms with Gasteiger partial charge in [0.25, 0.3) is 0 Å². The van der Waals surface area contributed by atoms with Gasteiger partial charge in [0.15, 0.2) is 5.96 Å². The molecule has 2 fully saturated rings. The van der Waals surface area contributed by atoms with Crippen molar-refractivity contribution in [3.63, 3.8) is 0 Å². The van der Waals surface area contributed by atoms with Gasteiger partial charge in [-0.15, -0.1) is 24.0 Å². The Kier molecular flexibility index (Phi) is 11.4. The number of aliphatic imine (C=N–C) groups is 1. The van der Waals surface area contributed by atoms with Crippen molar-refractivity contribution in [2.24, 2.45) is 10.9 Å². The van der Waals surface area contributed by atoms with Crippen LogP contribution in [-0.4, -0.2) is 63.3 Å². The molecule has 1 N–H and O–H groups in total. The number of nitrogens with zero attached hydrogens (tertiary/aromatic N) is 2. The van der Waals surface area contributed by atoms with Gasteiger partial charge < -0.3 is 19.7 Å². The van der Waals surface area contributed by atoms with E-state index >= 15 is 0 Å². The molecule has 2 rings (SSSR count). The quantitative estimate of drug-likeness (QED) is 0.214. The van der Waals surface area contributed by atoms with Crippen LogP contribution in [0.2, 0.25) is 0 Å². The lowest BCUT2D eigenvalue weighted by molar-refractivity contribution is -0.146. The molecule has 0 spiro atoms. The van der Waals surface area contributed by atoms with Crippen LogP contribution in [0.15, 0.2) is 4.99 Å². The highest BCUT2D eigenvalue weighted by molar-refractivity contribution is 14.0. The summed E-state index contributed by atoms with van der Waals surface area (Å²) >= 11 is 0. The number of carbonyl (C=O) groups is 1. The van der Waals surface area contributed by atoms with E-state index in [4.69, 9.17) is 9.47 Å². The van der Waals surface area contributed by atoms with Crippen molar-refractivity contribution < 1.29 is 14.3 Å². The van der Waals surface area contributed by atoms with E-state index in [0.717, 1.165) is 51.5 Å². The maximum Gasteiger partial charge on any atom is 0.308 e. The molecular formula is C18H34IN3O3. The fraction of sp³-hybridized carbons (Fsp3) is 0.889. The normalized spacial score (nSPS) is 20.1. The van der Waals surface area contributed by atoms with Crippen molar-refractivity contribution in [1.82, 2.24) is 10.2 Å². The van der Waals surface area contributed by atoms with Gasteiger partial charge in [-0.1, -0.05) is 19.3 Å². The summed E-state index contributed by atoms with van der Waals surface area (Å²) in [6.45, 7) is 3.38. The lowest BCUT2D eigenvalue weighted by Crippen LogP contribution is -2.47. The molecule has 0 aromatic rings. The zero-order valence-corrected chi connectivity index (χ0v) is 18.0. The Balaban J connectivity index is 0.00000312. The third-order valence-corrected chi connectivity index (χ3v) is 5.05. The van der Waals surface area contributed by atoms with Crippen LogP contribution >= 0.6 is 24.0 Å². The minimum Gasteiger partial charge on any atom is -0.469 e. The summed E-state index contributed by atoms with van der Waals surface area (Å²) in [5, 5.41) is 3.41. The highest BCUT2D eigenvalue weighted by Gasteiger charge is 2.26. The number of ether oxygens (including phenoxy) is 2. The molecular weight excluding hydrogens is 433 g/mol. The summed E-state index contributed by atoms with van der Waals surface area (Å²) < 4.78 is 10.8. The SMILES string of the molecule is CN=C(NCCCOC1CCCCC1)N1CCC(C(=O)OC)CC1.I. The summed E-state index contributed by atoms with van der Waals surface area (Å²) in [7, 11) is 3.28. The largest absolute Gasteiger partial charge is 0.469 e. The Morgan fingerprint density at radius 2 is 1.84 bits per heavy atom. The maximum atomic E-state index is 11.6. The first-order valence-corrected chi connectivity index (χ1v) is 9.39. The first kappa shape index (κ1) is 22.5. The standard InChI is InChI=1S/C18H33N3O3.HI/c1-19-18(21-12-9-15(10-13-21)17(22)23-2)20-11-6-14-24-16-7-4-3-5-8-16;/h15-16H,3-14H2,1-2H3,(H,19,20);1H. The molecule has 7 heteroatoms. The molecule has 1 saturated heterocycles. The van der Waals surface area contributed by atoms with Crippen molar-refractivity contribution in [3.8, 4) is 0 Å². The first-order valence-electron chi connectivity index (χ1n) is 9.39. The molecule has 146 valence electrons. The number of rotatable bonds is 6. The lowest BCUT2D eigenvalue weighted by Gasteiger charge is -2.33. The van der Waals surface area contributed by atoms with Crippen molar-refractivity contribution in [2.75, 3.05) is 40.4 Å². The van der Waals surface area contributed by atoms with Gasteiger partial charge in [-0.3, -0.25) is 9.79 Å². The number of halogens is 1. The van der Waals surface area contributed by atoms with E-state index in [1.807, 2.05) is 7.05 Å². The molecule has 0 radical (unpaired) electrons. The molecule has 0 aromatic carbocycles. The molecule has 1 aliphatic carbocycles. The molecule has 0 unspecified atom stereocenters. The zero-order chi connectivity index (χ0) is 17.2. The number of nitrogens with one attached hydrogen (secondary N) is 1. The van der Waals surface area contributed by atoms with E-state index in [1.165, 1.54) is 39.2 Å². The summed E-state index contributed by atoms with van der Waals surface area (Å²) in [4.78, 5) is 18.2. The summed E-state index contributed by atoms with van der Waals surface area (Å²) in [5.74, 6) is 0.877. The van der Waals surface area contributed by atoms with Crippen molar-refractivity contribution in [3.05, 3.63) is 0 Å². The molecule has 25 heavy (non-hydrogen) atoms. The van der Waals surface area contributed by atoms with E-state index < -0.39 is 0 Å². The van der Waals surface area contributed by atoms with E-state index in [0.29, 0.717) is 6.10 Å². The van der Waals surface area contributed by atoms with E-state index in [9.17, 15) is 4.79 Å². The van der Waals surface area contributed by atoms with Crippen LogP contribution in [0, 0.1) is 5.92 Å². The summed E-state index contributed by atoms with van der Waals surface area (Å²) in [5.41, 5.74) is 0. The molecule has 6 nitrogen and oxygen atoms in total. The Labute approximate surface area is 169 Å². The van der Waals surface area contributed by atoms with Crippen LogP contribution in [0.4, 0.5) is 0 Å². The first-order chi connectivity index (χ1) is 11.7. The second-order valence-corrected chi connectivity index (χ2v) is 6.74.